The van der Waals surface area contributed by atoms with Crippen molar-refractivity contribution in [1.82, 2.24) is 0 Å². The van der Waals surface area contributed by atoms with Crippen molar-refractivity contribution >= 4 is 11.6 Å². The third-order valence-electron chi connectivity index (χ3n) is 2.66. The Hall–Kier alpha value is -0.660. The predicted octanol–water partition coefficient (Wildman–Crippen LogP) is 3.39. The average Bonchev–Trinajstić information content (AvgIpc) is 2.14. The first kappa shape index (κ1) is 14.3. The van der Waals surface area contributed by atoms with Crippen molar-refractivity contribution in [2.24, 2.45) is 11.8 Å². The summed E-state index contributed by atoms with van der Waals surface area (Å²) in [5.41, 5.74) is 0. The average molecular weight is 212 g/mol. The molecule has 0 amide bonds. The van der Waals surface area contributed by atoms with Crippen LogP contribution in [0.25, 0.3) is 0 Å². The first-order chi connectivity index (χ1) is 6.99. The molecule has 0 radical (unpaired) electrons. The number of hydrogen-bond acceptors (Lipinski definition) is 2. The van der Waals surface area contributed by atoms with Crippen LogP contribution in [0.15, 0.2) is 0 Å². The topological polar surface area (TPSA) is 34.1 Å². The molecule has 0 aromatic carbocycles. The summed E-state index contributed by atoms with van der Waals surface area (Å²) in [5.74, 6) is 0.400. The summed E-state index contributed by atoms with van der Waals surface area (Å²) in [5, 5.41) is 0. The highest BCUT2D eigenvalue weighted by molar-refractivity contribution is 5.88. The minimum Gasteiger partial charge on any atom is -0.300 e. The predicted molar refractivity (Wildman–Crippen MR) is 62.8 cm³/mol. The first-order valence-corrected chi connectivity index (χ1v) is 6.02. The van der Waals surface area contributed by atoms with Gasteiger partial charge in [-0.05, 0) is 13.3 Å². The Morgan fingerprint density at radius 3 is 2.13 bits per heavy atom. The zero-order chi connectivity index (χ0) is 11.8. The van der Waals surface area contributed by atoms with Crippen LogP contribution in [0.3, 0.4) is 0 Å². The van der Waals surface area contributed by atoms with Crippen LogP contribution in [0.5, 0.6) is 0 Å². The molecule has 0 saturated heterocycles. The van der Waals surface area contributed by atoms with Gasteiger partial charge in [-0.1, -0.05) is 40.0 Å². The second-order valence-corrected chi connectivity index (χ2v) is 4.66. The van der Waals surface area contributed by atoms with E-state index < -0.39 is 0 Å². The van der Waals surface area contributed by atoms with E-state index in [1.54, 1.807) is 6.92 Å². The third-order valence-corrected chi connectivity index (χ3v) is 2.66. The van der Waals surface area contributed by atoms with E-state index in [2.05, 4.69) is 6.92 Å². The lowest BCUT2D eigenvalue weighted by Crippen LogP contribution is -2.22. The van der Waals surface area contributed by atoms with Crippen LogP contribution in [0, 0.1) is 11.8 Å². The Balaban J connectivity index is 4.17. The molecule has 0 aromatic rings. The molecule has 0 fully saturated rings. The first-order valence-electron chi connectivity index (χ1n) is 6.02. The van der Waals surface area contributed by atoms with Gasteiger partial charge in [-0.25, -0.2) is 0 Å². The maximum atomic E-state index is 11.8. The minimum absolute atomic E-state index is 0.0333. The van der Waals surface area contributed by atoms with Gasteiger partial charge < -0.3 is 4.79 Å². The lowest BCUT2D eigenvalue weighted by atomic mass is 9.87. The molecule has 1 atom stereocenters. The number of rotatable bonds is 8. The molecule has 0 saturated carbocycles. The molecule has 0 rings (SSSR count). The SMILES string of the molecule is CCCCCC(CC(C)=O)C(=O)C(C)C. The van der Waals surface area contributed by atoms with Gasteiger partial charge in [0.15, 0.2) is 0 Å². The van der Waals surface area contributed by atoms with Gasteiger partial charge in [0.05, 0.1) is 0 Å². The van der Waals surface area contributed by atoms with E-state index in [0.717, 1.165) is 25.7 Å². The Bertz CT molecular complexity index is 207. The van der Waals surface area contributed by atoms with E-state index >= 15 is 0 Å². The van der Waals surface area contributed by atoms with Crippen molar-refractivity contribution in [1.29, 1.82) is 0 Å². The Morgan fingerprint density at radius 2 is 1.73 bits per heavy atom. The number of unbranched alkanes of at least 4 members (excludes halogenated alkanes) is 2. The van der Waals surface area contributed by atoms with Crippen molar-refractivity contribution in [2.75, 3.05) is 0 Å². The number of ketones is 2. The largest absolute Gasteiger partial charge is 0.300 e. The van der Waals surface area contributed by atoms with E-state index in [1.807, 2.05) is 13.8 Å². The zero-order valence-electron chi connectivity index (χ0n) is 10.5. The molecule has 0 aliphatic carbocycles. The molecule has 0 aliphatic rings. The smallest absolute Gasteiger partial charge is 0.138 e. The van der Waals surface area contributed by atoms with Crippen molar-refractivity contribution < 1.29 is 9.59 Å². The quantitative estimate of drug-likeness (QED) is 0.578. The highest BCUT2D eigenvalue weighted by Gasteiger charge is 2.21. The molecule has 0 spiro atoms. The third kappa shape index (κ3) is 6.43. The maximum absolute atomic E-state index is 11.8. The summed E-state index contributed by atoms with van der Waals surface area (Å²) >= 11 is 0. The summed E-state index contributed by atoms with van der Waals surface area (Å²) in [6.45, 7) is 7.54. The fourth-order valence-corrected chi connectivity index (χ4v) is 1.80. The van der Waals surface area contributed by atoms with Gasteiger partial charge in [-0.15, -0.1) is 0 Å². The highest BCUT2D eigenvalue weighted by Crippen LogP contribution is 2.19. The summed E-state index contributed by atoms with van der Waals surface area (Å²) in [6, 6.07) is 0. The lowest BCUT2D eigenvalue weighted by molar-refractivity contribution is -0.129. The Morgan fingerprint density at radius 1 is 1.13 bits per heavy atom. The van der Waals surface area contributed by atoms with Gasteiger partial charge in [0.25, 0.3) is 0 Å². The van der Waals surface area contributed by atoms with Crippen LogP contribution in [0.4, 0.5) is 0 Å². The van der Waals surface area contributed by atoms with E-state index in [1.165, 1.54) is 0 Å². The van der Waals surface area contributed by atoms with Crippen LogP contribution in [-0.4, -0.2) is 11.6 Å². The van der Waals surface area contributed by atoms with Crippen molar-refractivity contribution in [2.45, 2.75) is 59.8 Å². The Labute approximate surface area is 93.4 Å². The molecule has 0 aromatic heterocycles. The van der Waals surface area contributed by atoms with Crippen LogP contribution >= 0.6 is 0 Å². The van der Waals surface area contributed by atoms with Gasteiger partial charge in [0.2, 0.25) is 0 Å². The number of carbonyl (C=O) groups excluding carboxylic acids is 2. The number of Topliss-reactive ketones (excluding diaryl/α,β-unsaturated/α-hetero) is 2. The molecule has 88 valence electrons. The molecule has 0 heterocycles. The fraction of sp³-hybridized carbons (Fsp3) is 0.846. The minimum atomic E-state index is -0.0333. The van der Waals surface area contributed by atoms with Gasteiger partial charge in [0, 0.05) is 18.3 Å². The van der Waals surface area contributed by atoms with Gasteiger partial charge in [0.1, 0.15) is 11.6 Å². The molecule has 0 aliphatic heterocycles. The van der Waals surface area contributed by atoms with E-state index in [4.69, 9.17) is 0 Å². The van der Waals surface area contributed by atoms with Crippen molar-refractivity contribution in [3.05, 3.63) is 0 Å². The normalized spacial score (nSPS) is 12.9. The van der Waals surface area contributed by atoms with Crippen molar-refractivity contribution in [3.63, 3.8) is 0 Å². The van der Waals surface area contributed by atoms with E-state index in [0.29, 0.717) is 6.42 Å². The molecule has 2 heteroatoms. The molecular weight excluding hydrogens is 188 g/mol. The molecule has 2 nitrogen and oxygen atoms in total. The summed E-state index contributed by atoms with van der Waals surface area (Å²) in [4.78, 5) is 22.9. The van der Waals surface area contributed by atoms with Crippen LogP contribution < -0.4 is 0 Å². The summed E-state index contributed by atoms with van der Waals surface area (Å²) < 4.78 is 0. The maximum Gasteiger partial charge on any atom is 0.138 e. The lowest BCUT2D eigenvalue weighted by Gasteiger charge is -2.16. The fourth-order valence-electron chi connectivity index (χ4n) is 1.80. The number of hydrogen-bond donors (Lipinski definition) is 0. The number of carbonyl (C=O) groups is 2. The Kier molecular flexibility index (Phi) is 7.27. The molecule has 0 N–H and O–H groups in total. The zero-order valence-corrected chi connectivity index (χ0v) is 10.5. The molecule has 15 heavy (non-hydrogen) atoms. The van der Waals surface area contributed by atoms with E-state index in [-0.39, 0.29) is 23.4 Å². The highest BCUT2D eigenvalue weighted by atomic mass is 16.1. The molecule has 1 unspecified atom stereocenters. The summed E-state index contributed by atoms with van der Waals surface area (Å²) in [6.07, 6.45) is 4.68. The monoisotopic (exact) mass is 212 g/mol. The van der Waals surface area contributed by atoms with Gasteiger partial charge >= 0.3 is 0 Å². The van der Waals surface area contributed by atoms with Crippen LogP contribution in [0.2, 0.25) is 0 Å². The second kappa shape index (κ2) is 7.61. The van der Waals surface area contributed by atoms with E-state index in [9.17, 15) is 9.59 Å². The molecular formula is C13H24O2. The van der Waals surface area contributed by atoms with Gasteiger partial charge in [-0.3, -0.25) is 4.79 Å². The van der Waals surface area contributed by atoms with Crippen molar-refractivity contribution in [3.8, 4) is 0 Å². The molecule has 0 bridgehead atoms. The van der Waals surface area contributed by atoms with Crippen LogP contribution in [0.1, 0.15) is 59.8 Å². The summed E-state index contributed by atoms with van der Waals surface area (Å²) in [7, 11) is 0. The second-order valence-electron chi connectivity index (χ2n) is 4.66. The van der Waals surface area contributed by atoms with Gasteiger partial charge in [-0.2, -0.15) is 0 Å². The standard InChI is InChI=1S/C13H24O2/c1-5-6-7-8-12(9-11(4)14)13(15)10(2)3/h10,12H,5-9H2,1-4H3. The van der Waals surface area contributed by atoms with Crippen LogP contribution in [-0.2, 0) is 9.59 Å².